The number of oxime groups is 1. The van der Waals surface area contributed by atoms with Crippen molar-refractivity contribution >= 4 is 11.4 Å². The molecule has 0 amide bonds. The third-order valence-corrected chi connectivity index (χ3v) is 6.21. The normalized spacial score (nSPS) is 14.8. The standard InChI is InChI=1S/C21H39N.C15H27NO/c1-17(13-14-19(3)22-21(7,8)9)11-10-12-18(2)15-16-20(4,5)6;1-6-8-13(2)9-7-10-14(3)11-12-15(4)16-17-5/h11,15H,10,12-14,16H2,1-9H3;8,10H,6-7,9,11-12H2,1-5H3/b17-11+,18-15+,22-19?;13-8+,14-10+,16-15+. The number of rotatable bonds is 15. The van der Waals surface area contributed by atoms with Gasteiger partial charge in [-0.1, -0.05) is 79.4 Å². The van der Waals surface area contributed by atoms with E-state index in [-0.39, 0.29) is 5.54 Å². The average Bonchev–Trinajstić information content (AvgIpc) is 2.79. The fraction of sp³-hybridized carbons (Fsp3) is 0.722. The maximum Gasteiger partial charge on any atom is 0.106 e. The van der Waals surface area contributed by atoms with Crippen LogP contribution in [0.5, 0.6) is 0 Å². The van der Waals surface area contributed by atoms with Crippen LogP contribution in [0, 0.1) is 5.41 Å². The summed E-state index contributed by atoms with van der Waals surface area (Å²) in [4.78, 5) is 9.45. The van der Waals surface area contributed by atoms with Crippen molar-refractivity contribution in [2.24, 2.45) is 15.6 Å². The molecule has 226 valence electrons. The predicted octanol–water partition coefficient (Wildman–Crippen LogP) is 12.0. The molecule has 0 aliphatic heterocycles. The second-order valence-corrected chi connectivity index (χ2v) is 13.5. The van der Waals surface area contributed by atoms with E-state index in [0.717, 1.165) is 50.7 Å². The predicted molar refractivity (Wildman–Crippen MR) is 179 cm³/mol. The molecule has 0 aromatic carbocycles. The van der Waals surface area contributed by atoms with Gasteiger partial charge in [0.1, 0.15) is 7.11 Å². The Bertz CT molecular complexity index is 836. The molecule has 3 nitrogen and oxygen atoms in total. The minimum absolute atomic E-state index is 0.0522. The number of aliphatic imine (C=N–C) groups is 1. The summed E-state index contributed by atoms with van der Waals surface area (Å²) in [5.41, 5.74) is 8.72. The van der Waals surface area contributed by atoms with Crippen LogP contribution in [-0.2, 0) is 4.84 Å². The van der Waals surface area contributed by atoms with Crippen molar-refractivity contribution in [3.05, 3.63) is 46.6 Å². The molecule has 39 heavy (non-hydrogen) atoms. The third-order valence-electron chi connectivity index (χ3n) is 6.21. The van der Waals surface area contributed by atoms with Crippen LogP contribution in [0.4, 0.5) is 0 Å². The second kappa shape index (κ2) is 21.9. The summed E-state index contributed by atoms with van der Waals surface area (Å²) in [5, 5.41) is 3.91. The van der Waals surface area contributed by atoms with E-state index in [1.54, 1.807) is 7.11 Å². The molecular weight excluding hydrogens is 476 g/mol. The van der Waals surface area contributed by atoms with Crippen LogP contribution in [0.1, 0.15) is 154 Å². The van der Waals surface area contributed by atoms with Gasteiger partial charge in [0.05, 0.1) is 11.3 Å². The Morgan fingerprint density at radius 1 is 0.590 bits per heavy atom. The zero-order valence-electron chi connectivity index (χ0n) is 28.7. The molecule has 0 aliphatic rings. The van der Waals surface area contributed by atoms with Crippen molar-refractivity contribution in [2.75, 3.05) is 7.11 Å². The van der Waals surface area contributed by atoms with Gasteiger partial charge in [-0.05, 0) is 132 Å². The van der Waals surface area contributed by atoms with Crippen molar-refractivity contribution in [3.63, 3.8) is 0 Å². The van der Waals surface area contributed by atoms with Gasteiger partial charge < -0.3 is 4.84 Å². The summed E-state index contributed by atoms with van der Waals surface area (Å²) in [6, 6.07) is 0. The summed E-state index contributed by atoms with van der Waals surface area (Å²) in [5.74, 6) is 0. The van der Waals surface area contributed by atoms with Gasteiger partial charge in [0, 0.05) is 5.71 Å². The van der Waals surface area contributed by atoms with Crippen molar-refractivity contribution < 1.29 is 4.84 Å². The summed E-state index contributed by atoms with van der Waals surface area (Å²) in [6.45, 7) is 28.6. The molecule has 0 radical (unpaired) electrons. The molecule has 0 saturated heterocycles. The van der Waals surface area contributed by atoms with Crippen LogP contribution in [0.3, 0.4) is 0 Å². The molecule has 0 aliphatic carbocycles. The van der Waals surface area contributed by atoms with Crippen molar-refractivity contribution in [1.82, 2.24) is 0 Å². The van der Waals surface area contributed by atoms with Gasteiger partial charge in [0.25, 0.3) is 0 Å². The average molecular weight is 543 g/mol. The van der Waals surface area contributed by atoms with E-state index in [1.807, 2.05) is 6.92 Å². The van der Waals surface area contributed by atoms with Gasteiger partial charge in [0.2, 0.25) is 0 Å². The van der Waals surface area contributed by atoms with Crippen molar-refractivity contribution in [2.45, 2.75) is 160 Å². The van der Waals surface area contributed by atoms with Crippen molar-refractivity contribution in [3.8, 4) is 0 Å². The molecule has 0 atom stereocenters. The first-order valence-corrected chi connectivity index (χ1v) is 15.2. The fourth-order valence-corrected chi connectivity index (χ4v) is 3.92. The molecule has 0 bridgehead atoms. The molecule has 3 heteroatoms. The molecule has 0 rings (SSSR count). The van der Waals surface area contributed by atoms with E-state index < -0.39 is 0 Å². The molecule has 0 fully saturated rings. The largest absolute Gasteiger partial charge is 0.399 e. The number of hydrogen-bond acceptors (Lipinski definition) is 3. The highest BCUT2D eigenvalue weighted by Crippen LogP contribution is 2.21. The lowest BCUT2D eigenvalue weighted by Crippen LogP contribution is -2.12. The lowest BCUT2D eigenvalue weighted by atomic mass is 9.91. The van der Waals surface area contributed by atoms with E-state index in [9.17, 15) is 0 Å². The van der Waals surface area contributed by atoms with Crippen LogP contribution >= 0.6 is 0 Å². The molecule has 0 aromatic rings. The molecular formula is C36H66N2O. The van der Waals surface area contributed by atoms with Crippen LogP contribution in [0.25, 0.3) is 0 Å². The Hall–Kier alpha value is -1.90. The number of hydrogen-bond donors (Lipinski definition) is 0. The molecule has 0 spiro atoms. The Kier molecular flexibility index (Phi) is 22.0. The Morgan fingerprint density at radius 3 is 1.44 bits per heavy atom. The second-order valence-electron chi connectivity index (χ2n) is 13.5. The smallest absolute Gasteiger partial charge is 0.106 e. The van der Waals surface area contributed by atoms with Crippen LogP contribution < -0.4 is 0 Å². The van der Waals surface area contributed by atoms with Gasteiger partial charge in [-0.15, -0.1) is 0 Å². The Balaban J connectivity index is 0. The topological polar surface area (TPSA) is 34.0 Å². The number of allylic oxidation sites excluding steroid dienone is 8. The first-order chi connectivity index (χ1) is 18.0. The van der Waals surface area contributed by atoms with Gasteiger partial charge in [-0.2, -0.15) is 0 Å². The molecule has 0 aromatic heterocycles. The van der Waals surface area contributed by atoms with E-state index in [0.29, 0.717) is 5.41 Å². The summed E-state index contributed by atoms with van der Waals surface area (Å²) >= 11 is 0. The highest BCUT2D eigenvalue weighted by Gasteiger charge is 2.08. The zero-order chi connectivity index (χ0) is 30.5. The molecule has 0 heterocycles. The van der Waals surface area contributed by atoms with Gasteiger partial charge in [-0.3, -0.25) is 4.99 Å². The maximum atomic E-state index is 4.74. The minimum atomic E-state index is 0.0522. The molecule has 0 N–H and O–H groups in total. The lowest BCUT2D eigenvalue weighted by Gasteiger charge is -2.15. The maximum absolute atomic E-state index is 4.74. The Labute approximate surface area is 245 Å². The Morgan fingerprint density at radius 2 is 1.03 bits per heavy atom. The summed E-state index contributed by atoms with van der Waals surface area (Å²) < 4.78 is 0. The summed E-state index contributed by atoms with van der Waals surface area (Å²) in [6.07, 6.45) is 20.7. The van der Waals surface area contributed by atoms with Gasteiger partial charge in [-0.25, -0.2) is 0 Å². The van der Waals surface area contributed by atoms with Crippen LogP contribution in [0.2, 0.25) is 0 Å². The van der Waals surface area contributed by atoms with Crippen LogP contribution in [-0.4, -0.2) is 24.1 Å². The monoisotopic (exact) mass is 543 g/mol. The number of nitrogens with zero attached hydrogens (tertiary/aromatic N) is 2. The van der Waals surface area contributed by atoms with Gasteiger partial charge in [0.15, 0.2) is 0 Å². The first-order valence-electron chi connectivity index (χ1n) is 15.2. The van der Waals surface area contributed by atoms with E-state index in [4.69, 9.17) is 9.83 Å². The van der Waals surface area contributed by atoms with Crippen LogP contribution in [0.15, 0.2) is 56.7 Å². The highest BCUT2D eigenvalue weighted by atomic mass is 16.6. The molecule has 0 unspecified atom stereocenters. The van der Waals surface area contributed by atoms with E-state index in [2.05, 4.69) is 113 Å². The first kappa shape index (κ1) is 39.2. The minimum Gasteiger partial charge on any atom is -0.399 e. The fourth-order valence-electron chi connectivity index (χ4n) is 3.92. The zero-order valence-corrected chi connectivity index (χ0v) is 28.7. The lowest BCUT2D eigenvalue weighted by molar-refractivity contribution is 0.212. The quantitative estimate of drug-likeness (QED) is 0.115. The third kappa shape index (κ3) is 30.5. The summed E-state index contributed by atoms with van der Waals surface area (Å²) in [7, 11) is 1.59. The SMILES string of the molecule is CC(CC/C(C)=C/CC/C(C)=C/CC(C)(C)C)=NC(C)(C)C.CC/C=C(\C)CC/C=C(\C)CC/C(C)=N/OC. The van der Waals surface area contributed by atoms with Gasteiger partial charge >= 0.3 is 0 Å². The molecule has 0 saturated carbocycles. The van der Waals surface area contributed by atoms with E-state index >= 15 is 0 Å². The van der Waals surface area contributed by atoms with Crippen molar-refractivity contribution in [1.29, 1.82) is 0 Å². The highest BCUT2D eigenvalue weighted by molar-refractivity contribution is 5.82. The van der Waals surface area contributed by atoms with E-state index in [1.165, 1.54) is 47.3 Å².